The van der Waals surface area contributed by atoms with Crippen LogP contribution >= 0.6 is 0 Å². The zero-order valence-corrected chi connectivity index (χ0v) is 15.5. The number of nitrogens with zero attached hydrogens (tertiary/aromatic N) is 2. The van der Waals surface area contributed by atoms with E-state index in [-0.39, 0.29) is 11.9 Å². The van der Waals surface area contributed by atoms with Crippen LogP contribution in [-0.2, 0) is 4.74 Å². The standard InChI is InChI=1S/C21H23F2N3O2/c22-16-7-6-14(13-17(16)23)19-18(8-12-28-19)25-20-15(5-4-9-24-20)21(27)26-10-2-1-3-11-26/h4-7,9,13,18-19H,1-3,8,10-12H2,(H,24,25). The summed E-state index contributed by atoms with van der Waals surface area (Å²) in [5.74, 6) is -1.31. The summed E-state index contributed by atoms with van der Waals surface area (Å²) in [6.07, 6.45) is 5.06. The van der Waals surface area contributed by atoms with Crippen molar-refractivity contribution in [1.82, 2.24) is 9.88 Å². The smallest absolute Gasteiger partial charge is 0.257 e. The van der Waals surface area contributed by atoms with E-state index in [9.17, 15) is 13.6 Å². The van der Waals surface area contributed by atoms with E-state index in [0.29, 0.717) is 30.0 Å². The number of benzene rings is 1. The molecule has 1 N–H and O–H groups in total. The van der Waals surface area contributed by atoms with E-state index in [4.69, 9.17) is 4.74 Å². The highest BCUT2D eigenvalue weighted by Crippen LogP contribution is 2.32. The van der Waals surface area contributed by atoms with Crippen LogP contribution in [0.4, 0.5) is 14.6 Å². The maximum Gasteiger partial charge on any atom is 0.257 e. The van der Waals surface area contributed by atoms with Gasteiger partial charge in [-0.3, -0.25) is 4.79 Å². The predicted octanol–water partition coefficient (Wildman–Crippen LogP) is 3.93. The van der Waals surface area contributed by atoms with Crippen molar-refractivity contribution in [3.63, 3.8) is 0 Å². The Morgan fingerprint density at radius 3 is 2.75 bits per heavy atom. The van der Waals surface area contributed by atoms with Crippen molar-refractivity contribution < 1.29 is 18.3 Å². The van der Waals surface area contributed by atoms with Crippen LogP contribution in [-0.4, -0.2) is 41.5 Å². The lowest BCUT2D eigenvalue weighted by molar-refractivity contribution is 0.0724. The number of hydrogen-bond donors (Lipinski definition) is 1. The van der Waals surface area contributed by atoms with Crippen LogP contribution in [0.3, 0.4) is 0 Å². The Labute approximate surface area is 162 Å². The first kappa shape index (κ1) is 18.8. The van der Waals surface area contributed by atoms with Gasteiger partial charge in [0.2, 0.25) is 0 Å². The molecule has 2 unspecified atom stereocenters. The fraction of sp³-hybridized carbons (Fsp3) is 0.429. The van der Waals surface area contributed by atoms with Gasteiger partial charge in [0.15, 0.2) is 11.6 Å². The van der Waals surface area contributed by atoms with Crippen molar-refractivity contribution in [3.8, 4) is 0 Å². The molecule has 1 aromatic carbocycles. The number of piperidine rings is 1. The molecule has 148 valence electrons. The maximum atomic E-state index is 13.6. The first-order valence-corrected chi connectivity index (χ1v) is 9.71. The first-order valence-electron chi connectivity index (χ1n) is 9.71. The van der Waals surface area contributed by atoms with Gasteiger partial charge >= 0.3 is 0 Å². The third kappa shape index (κ3) is 3.85. The Bertz CT molecular complexity index is 855. The number of amides is 1. The molecule has 7 heteroatoms. The molecule has 28 heavy (non-hydrogen) atoms. The number of ether oxygens (including phenoxy) is 1. The summed E-state index contributed by atoms with van der Waals surface area (Å²) >= 11 is 0. The van der Waals surface area contributed by atoms with E-state index in [1.165, 1.54) is 6.07 Å². The number of nitrogens with one attached hydrogen (secondary N) is 1. The first-order chi connectivity index (χ1) is 13.6. The Kier molecular flexibility index (Phi) is 5.52. The molecule has 0 aliphatic carbocycles. The van der Waals surface area contributed by atoms with E-state index in [2.05, 4.69) is 10.3 Å². The van der Waals surface area contributed by atoms with Crippen LogP contribution in [0.2, 0.25) is 0 Å². The molecule has 1 amide bonds. The Hall–Kier alpha value is -2.54. The third-order valence-electron chi connectivity index (χ3n) is 5.37. The molecule has 2 aromatic rings. The highest BCUT2D eigenvalue weighted by molar-refractivity contribution is 5.98. The second-order valence-corrected chi connectivity index (χ2v) is 7.26. The van der Waals surface area contributed by atoms with Crippen molar-refractivity contribution in [3.05, 3.63) is 59.3 Å². The van der Waals surface area contributed by atoms with Crippen LogP contribution in [0.25, 0.3) is 0 Å². The topological polar surface area (TPSA) is 54.5 Å². The SMILES string of the molecule is O=C(c1cccnc1NC1CCOC1c1ccc(F)c(F)c1)N1CCCCC1. The monoisotopic (exact) mass is 387 g/mol. The number of aromatic nitrogens is 1. The van der Waals surface area contributed by atoms with Crippen LogP contribution < -0.4 is 5.32 Å². The quantitative estimate of drug-likeness (QED) is 0.864. The van der Waals surface area contributed by atoms with Gasteiger partial charge in [-0.15, -0.1) is 0 Å². The van der Waals surface area contributed by atoms with E-state index in [1.54, 1.807) is 18.3 Å². The number of halogens is 2. The van der Waals surface area contributed by atoms with Gasteiger partial charge in [-0.05, 0) is 55.5 Å². The molecule has 0 spiro atoms. The fourth-order valence-electron chi connectivity index (χ4n) is 3.89. The summed E-state index contributed by atoms with van der Waals surface area (Å²) in [4.78, 5) is 19.2. The van der Waals surface area contributed by atoms with Gasteiger partial charge in [0.1, 0.15) is 11.9 Å². The Balaban J connectivity index is 1.55. The Morgan fingerprint density at radius 2 is 1.96 bits per heavy atom. The van der Waals surface area contributed by atoms with Gasteiger partial charge in [-0.1, -0.05) is 6.07 Å². The van der Waals surface area contributed by atoms with Gasteiger partial charge in [-0.25, -0.2) is 13.8 Å². The molecule has 1 aromatic heterocycles. The molecular formula is C21H23F2N3O2. The lowest BCUT2D eigenvalue weighted by atomic mass is 10.0. The van der Waals surface area contributed by atoms with Gasteiger partial charge in [0, 0.05) is 25.9 Å². The van der Waals surface area contributed by atoms with Crippen molar-refractivity contribution in [2.45, 2.75) is 37.8 Å². The number of anilines is 1. The average molecular weight is 387 g/mol. The van der Waals surface area contributed by atoms with Crippen LogP contribution in [0.5, 0.6) is 0 Å². The van der Waals surface area contributed by atoms with Crippen LogP contribution in [0.15, 0.2) is 36.5 Å². The van der Waals surface area contributed by atoms with E-state index < -0.39 is 17.7 Å². The normalized spacial score (nSPS) is 22.3. The van der Waals surface area contributed by atoms with Gasteiger partial charge in [-0.2, -0.15) is 0 Å². The number of carbonyl (C=O) groups excluding carboxylic acids is 1. The molecule has 5 nitrogen and oxygen atoms in total. The molecule has 0 radical (unpaired) electrons. The zero-order valence-electron chi connectivity index (χ0n) is 15.5. The molecule has 0 bridgehead atoms. The van der Waals surface area contributed by atoms with E-state index >= 15 is 0 Å². The van der Waals surface area contributed by atoms with Crippen molar-refractivity contribution in [1.29, 1.82) is 0 Å². The second-order valence-electron chi connectivity index (χ2n) is 7.26. The molecule has 0 saturated carbocycles. The molecule has 2 aliphatic heterocycles. The number of rotatable bonds is 4. The number of hydrogen-bond acceptors (Lipinski definition) is 4. The summed E-state index contributed by atoms with van der Waals surface area (Å²) in [6.45, 7) is 2.01. The highest BCUT2D eigenvalue weighted by atomic mass is 19.2. The third-order valence-corrected chi connectivity index (χ3v) is 5.37. The highest BCUT2D eigenvalue weighted by Gasteiger charge is 2.32. The molecule has 3 heterocycles. The second kappa shape index (κ2) is 8.22. The van der Waals surface area contributed by atoms with Crippen LogP contribution in [0, 0.1) is 11.6 Å². The Morgan fingerprint density at radius 1 is 1.14 bits per heavy atom. The zero-order chi connectivity index (χ0) is 19.5. The molecule has 2 saturated heterocycles. The molecule has 2 fully saturated rings. The average Bonchev–Trinajstić information content (AvgIpc) is 3.19. The summed E-state index contributed by atoms with van der Waals surface area (Å²) in [5, 5.41) is 3.31. The molecule has 2 aliphatic rings. The number of carbonyl (C=O) groups is 1. The van der Waals surface area contributed by atoms with Crippen molar-refractivity contribution >= 4 is 11.7 Å². The minimum Gasteiger partial charge on any atom is -0.371 e. The minimum absolute atomic E-state index is 0.0291. The predicted molar refractivity (Wildman–Crippen MR) is 101 cm³/mol. The van der Waals surface area contributed by atoms with Gasteiger partial charge in [0.25, 0.3) is 5.91 Å². The largest absolute Gasteiger partial charge is 0.371 e. The lowest BCUT2D eigenvalue weighted by Crippen LogP contribution is -2.36. The molecule has 2 atom stereocenters. The van der Waals surface area contributed by atoms with E-state index in [1.807, 2.05) is 4.90 Å². The molecule has 4 rings (SSSR count). The van der Waals surface area contributed by atoms with Gasteiger partial charge < -0.3 is 15.0 Å². The number of pyridine rings is 1. The van der Waals surface area contributed by atoms with E-state index in [0.717, 1.165) is 44.5 Å². The summed E-state index contributed by atoms with van der Waals surface area (Å²) in [5.41, 5.74) is 1.09. The van der Waals surface area contributed by atoms with Gasteiger partial charge in [0.05, 0.1) is 11.6 Å². The number of likely N-dealkylation sites (tertiary alicyclic amines) is 1. The summed E-state index contributed by atoms with van der Waals surface area (Å²) in [6, 6.07) is 7.14. The van der Waals surface area contributed by atoms with Crippen LogP contribution in [0.1, 0.15) is 47.7 Å². The van der Waals surface area contributed by atoms with Crippen molar-refractivity contribution in [2.24, 2.45) is 0 Å². The lowest BCUT2D eigenvalue weighted by Gasteiger charge is -2.28. The maximum absolute atomic E-state index is 13.6. The van der Waals surface area contributed by atoms with Crippen molar-refractivity contribution in [2.75, 3.05) is 25.0 Å². The summed E-state index contributed by atoms with van der Waals surface area (Å²) < 4.78 is 32.7. The minimum atomic E-state index is -0.898. The summed E-state index contributed by atoms with van der Waals surface area (Å²) in [7, 11) is 0. The molecular weight excluding hydrogens is 364 g/mol. The fourth-order valence-corrected chi connectivity index (χ4v) is 3.89.